The van der Waals surface area contributed by atoms with Gasteiger partial charge in [-0.25, -0.2) is 4.68 Å². The molecular weight excluding hydrogens is 262 g/mol. The molecule has 0 amide bonds. The first-order valence-electron chi connectivity index (χ1n) is 6.97. The molecule has 0 spiro atoms. The molecule has 1 unspecified atom stereocenters. The van der Waals surface area contributed by atoms with Crippen molar-refractivity contribution in [1.29, 1.82) is 0 Å². The van der Waals surface area contributed by atoms with E-state index in [2.05, 4.69) is 22.4 Å². The first kappa shape index (κ1) is 13.5. The second-order valence-corrected chi connectivity index (χ2v) is 4.96. The third-order valence-corrected chi connectivity index (χ3v) is 3.46. The lowest BCUT2D eigenvalue weighted by Crippen LogP contribution is -2.15. The summed E-state index contributed by atoms with van der Waals surface area (Å²) in [5.74, 6) is 0. The minimum atomic E-state index is -0.191. The van der Waals surface area contributed by atoms with Crippen LogP contribution in [-0.2, 0) is 6.42 Å². The summed E-state index contributed by atoms with van der Waals surface area (Å²) in [6.07, 6.45) is 2.65. The van der Waals surface area contributed by atoms with Gasteiger partial charge in [-0.05, 0) is 11.1 Å². The van der Waals surface area contributed by atoms with Crippen molar-refractivity contribution >= 4 is 0 Å². The van der Waals surface area contributed by atoms with E-state index in [4.69, 9.17) is 0 Å². The van der Waals surface area contributed by atoms with Crippen LogP contribution in [0.15, 0.2) is 66.9 Å². The normalized spacial score (nSPS) is 12.2. The second kappa shape index (κ2) is 6.33. The lowest BCUT2D eigenvalue weighted by molar-refractivity contribution is 0.239. The Labute approximate surface area is 123 Å². The maximum Gasteiger partial charge on any atom is 0.102 e. The Hall–Kier alpha value is -2.46. The van der Waals surface area contributed by atoms with Crippen LogP contribution in [0.25, 0.3) is 0 Å². The molecular formula is C17H17N3O. The summed E-state index contributed by atoms with van der Waals surface area (Å²) in [6, 6.07) is 19.8. The quantitative estimate of drug-likeness (QED) is 0.780. The highest BCUT2D eigenvalue weighted by Crippen LogP contribution is 2.17. The molecule has 3 rings (SSSR count). The van der Waals surface area contributed by atoms with E-state index in [-0.39, 0.29) is 12.6 Å². The summed E-state index contributed by atoms with van der Waals surface area (Å²) in [4.78, 5) is 0. The fourth-order valence-corrected chi connectivity index (χ4v) is 2.37. The Balaban J connectivity index is 1.80. The van der Waals surface area contributed by atoms with Crippen molar-refractivity contribution in [3.63, 3.8) is 0 Å². The first-order valence-corrected chi connectivity index (χ1v) is 6.97. The largest absolute Gasteiger partial charge is 0.394 e. The summed E-state index contributed by atoms with van der Waals surface area (Å²) in [5.41, 5.74) is 3.12. The molecule has 4 nitrogen and oxygen atoms in total. The number of hydrogen-bond donors (Lipinski definition) is 1. The highest BCUT2D eigenvalue weighted by atomic mass is 16.3. The molecule has 21 heavy (non-hydrogen) atoms. The van der Waals surface area contributed by atoms with Crippen molar-refractivity contribution in [2.45, 2.75) is 12.5 Å². The average molecular weight is 279 g/mol. The van der Waals surface area contributed by atoms with E-state index >= 15 is 0 Å². The van der Waals surface area contributed by atoms with Gasteiger partial charge in [-0.3, -0.25) is 0 Å². The molecule has 0 aliphatic rings. The van der Waals surface area contributed by atoms with Crippen molar-refractivity contribution in [2.24, 2.45) is 0 Å². The maximum atomic E-state index is 9.64. The second-order valence-electron chi connectivity index (χ2n) is 4.96. The van der Waals surface area contributed by atoms with Gasteiger partial charge in [-0.15, -0.1) is 5.10 Å². The summed E-state index contributed by atoms with van der Waals surface area (Å²) in [6.45, 7) is -0.00184. The van der Waals surface area contributed by atoms with Gasteiger partial charge in [0.05, 0.1) is 12.3 Å². The molecule has 1 heterocycles. The predicted molar refractivity (Wildman–Crippen MR) is 80.9 cm³/mol. The topological polar surface area (TPSA) is 50.9 Å². The molecule has 0 aliphatic heterocycles. The standard InChI is InChI=1S/C17H17N3O/c21-13-17(15-9-5-2-6-10-15)20-12-16(18-19-20)11-14-7-3-1-4-8-14/h1-10,12,17,21H,11,13H2. The van der Waals surface area contributed by atoms with Crippen LogP contribution in [-0.4, -0.2) is 26.7 Å². The number of hydrogen-bond acceptors (Lipinski definition) is 3. The fourth-order valence-electron chi connectivity index (χ4n) is 2.37. The van der Waals surface area contributed by atoms with Crippen LogP contribution in [0.5, 0.6) is 0 Å². The van der Waals surface area contributed by atoms with Gasteiger partial charge in [0.25, 0.3) is 0 Å². The van der Waals surface area contributed by atoms with Gasteiger partial charge in [0.1, 0.15) is 6.04 Å². The highest BCUT2D eigenvalue weighted by molar-refractivity contribution is 5.22. The SMILES string of the molecule is OCC(c1ccccc1)n1cc(Cc2ccccc2)nn1. The molecule has 0 bridgehead atoms. The van der Waals surface area contributed by atoms with Crippen LogP contribution in [0.2, 0.25) is 0 Å². The number of aliphatic hydroxyl groups excluding tert-OH is 1. The molecule has 4 heteroatoms. The Morgan fingerprint density at radius 2 is 1.62 bits per heavy atom. The molecule has 3 aromatic rings. The van der Waals surface area contributed by atoms with Gasteiger partial charge < -0.3 is 5.11 Å². The Morgan fingerprint density at radius 3 is 2.29 bits per heavy atom. The smallest absolute Gasteiger partial charge is 0.102 e. The molecule has 1 aromatic heterocycles. The van der Waals surface area contributed by atoms with Gasteiger partial charge in [0.15, 0.2) is 0 Å². The molecule has 0 saturated heterocycles. The minimum absolute atomic E-state index is 0.00184. The lowest BCUT2D eigenvalue weighted by atomic mass is 10.1. The van der Waals surface area contributed by atoms with Crippen molar-refractivity contribution in [1.82, 2.24) is 15.0 Å². The molecule has 1 atom stereocenters. The average Bonchev–Trinajstić information content (AvgIpc) is 2.98. The minimum Gasteiger partial charge on any atom is -0.394 e. The van der Waals surface area contributed by atoms with Crippen LogP contribution in [0, 0.1) is 0 Å². The molecule has 0 radical (unpaired) electrons. The van der Waals surface area contributed by atoms with Crippen LogP contribution in [0.3, 0.4) is 0 Å². The fraction of sp³-hybridized carbons (Fsp3) is 0.176. The van der Waals surface area contributed by atoms with Crippen molar-refractivity contribution < 1.29 is 5.11 Å². The van der Waals surface area contributed by atoms with Crippen LogP contribution in [0.4, 0.5) is 0 Å². The van der Waals surface area contributed by atoms with Crippen LogP contribution in [0.1, 0.15) is 22.9 Å². The van der Waals surface area contributed by atoms with E-state index in [9.17, 15) is 5.11 Å². The zero-order chi connectivity index (χ0) is 14.5. The zero-order valence-electron chi connectivity index (χ0n) is 11.6. The van der Waals surface area contributed by atoms with Crippen molar-refractivity contribution in [3.05, 3.63) is 83.7 Å². The third-order valence-electron chi connectivity index (χ3n) is 3.46. The van der Waals surface area contributed by atoms with E-state index < -0.39 is 0 Å². The molecule has 0 saturated carbocycles. The van der Waals surface area contributed by atoms with Gasteiger partial charge in [-0.1, -0.05) is 65.9 Å². The number of nitrogens with zero attached hydrogens (tertiary/aromatic N) is 3. The summed E-state index contributed by atoms with van der Waals surface area (Å²) in [5, 5.41) is 18.0. The van der Waals surface area contributed by atoms with Gasteiger partial charge >= 0.3 is 0 Å². The summed E-state index contributed by atoms with van der Waals surface area (Å²) >= 11 is 0. The van der Waals surface area contributed by atoms with Gasteiger partial charge in [-0.2, -0.15) is 0 Å². The molecule has 1 N–H and O–H groups in total. The maximum absolute atomic E-state index is 9.64. The summed E-state index contributed by atoms with van der Waals surface area (Å²) < 4.78 is 1.73. The van der Waals surface area contributed by atoms with E-state index in [1.54, 1.807) is 4.68 Å². The molecule has 0 fully saturated rings. The molecule has 2 aromatic carbocycles. The van der Waals surface area contributed by atoms with E-state index in [1.165, 1.54) is 5.56 Å². The van der Waals surface area contributed by atoms with E-state index in [0.29, 0.717) is 0 Å². The highest BCUT2D eigenvalue weighted by Gasteiger charge is 2.14. The van der Waals surface area contributed by atoms with Gasteiger partial charge in [0, 0.05) is 12.6 Å². The number of aliphatic hydroxyl groups is 1. The lowest BCUT2D eigenvalue weighted by Gasteiger charge is -2.14. The van der Waals surface area contributed by atoms with Crippen LogP contribution < -0.4 is 0 Å². The first-order chi connectivity index (χ1) is 10.4. The number of benzene rings is 2. The third kappa shape index (κ3) is 3.17. The monoisotopic (exact) mass is 279 g/mol. The Kier molecular flexibility index (Phi) is 4.07. The van der Waals surface area contributed by atoms with E-state index in [0.717, 1.165) is 17.7 Å². The number of aromatic nitrogens is 3. The van der Waals surface area contributed by atoms with Crippen molar-refractivity contribution in [3.8, 4) is 0 Å². The van der Waals surface area contributed by atoms with Crippen molar-refractivity contribution in [2.75, 3.05) is 6.61 Å². The van der Waals surface area contributed by atoms with Crippen LogP contribution >= 0.6 is 0 Å². The Morgan fingerprint density at radius 1 is 0.952 bits per heavy atom. The van der Waals surface area contributed by atoms with E-state index in [1.807, 2.05) is 54.7 Å². The van der Waals surface area contributed by atoms with Gasteiger partial charge in [0.2, 0.25) is 0 Å². The Bertz CT molecular complexity index is 680. The predicted octanol–water partition coefficient (Wildman–Crippen LogP) is 2.45. The summed E-state index contributed by atoms with van der Waals surface area (Å²) in [7, 11) is 0. The number of rotatable bonds is 5. The molecule has 0 aliphatic carbocycles. The molecule has 106 valence electrons. The zero-order valence-corrected chi connectivity index (χ0v) is 11.6.